The van der Waals surface area contributed by atoms with E-state index < -0.39 is 10.0 Å². The Kier molecular flexibility index (Phi) is 5.15. The number of rotatable bonds is 6. The molecule has 0 bridgehead atoms. The van der Waals surface area contributed by atoms with Gasteiger partial charge in [0.05, 0.1) is 12.5 Å². The number of benzene rings is 1. The van der Waals surface area contributed by atoms with Crippen LogP contribution >= 0.6 is 0 Å². The number of hydrogen-bond donors (Lipinski definition) is 1. The fraction of sp³-hybridized carbons (Fsp3) is 0.417. The number of hydrogen-bond acceptors (Lipinski definition) is 4. The Balaban J connectivity index is 2.71. The topological polar surface area (TPSA) is 61.8 Å². The van der Waals surface area contributed by atoms with Crippen LogP contribution < -0.4 is 9.73 Å². The second-order valence-electron chi connectivity index (χ2n) is 3.89. The molecule has 0 spiro atoms. The first kappa shape index (κ1) is 14.5. The van der Waals surface area contributed by atoms with Crippen LogP contribution in [0.15, 0.2) is 29.4 Å². The summed E-state index contributed by atoms with van der Waals surface area (Å²) < 4.78 is 21.6. The molecule has 0 radical (unpaired) electrons. The smallest absolute Gasteiger partial charge is 0.244 e. The second-order valence-corrected chi connectivity index (χ2v) is 5.61. The summed E-state index contributed by atoms with van der Waals surface area (Å²) >= 11 is 0. The van der Waals surface area contributed by atoms with Crippen LogP contribution in [0.25, 0.3) is 0 Å². The summed E-state index contributed by atoms with van der Waals surface area (Å²) in [5.41, 5.74) is 2.00. The number of anilines is 1. The number of nitrogens with zero attached hydrogens (tertiary/aromatic N) is 2. The molecule has 0 saturated carbocycles. The first-order valence-corrected chi connectivity index (χ1v) is 7.70. The van der Waals surface area contributed by atoms with Crippen LogP contribution in [0.3, 0.4) is 0 Å². The van der Waals surface area contributed by atoms with E-state index in [2.05, 4.69) is 28.7 Å². The highest BCUT2D eigenvalue weighted by Crippen LogP contribution is 2.13. The summed E-state index contributed by atoms with van der Waals surface area (Å²) in [5.74, 6) is 0. The summed E-state index contributed by atoms with van der Waals surface area (Å²) in [5, 5.41) is 3.65. The van der Waals surface area contributed by atoms with Gasteiger partial charge >= 0.3 is 0 Å². The highest BCUT2D eigenvalue weighted by Gasteiger charge is 2.00. The van der Waals surface area contributed by atoms with E-state index in [0.717, 1.165) is 30.6 Å². The first-order valence-electron chi connectivity index (χ1n) is 5.81. The molecule has 6 heteroatoms. The Morgan fingerprint density at radius 2 is 1.78 bits per heavy atom. The molecule has 0 aliphatic rings. The normalized spacial score (nSPS) is 11.7. The molecule has 1 rings (SSSR count). The van der Waals surface area contributed by atoms with E-state index in [4.69, 9.17) is 0 Å². The van der Waals surface area contributed by atoms with Gasteiger partial charge in [-0.25, -0.2) is 13.2 Å². The molecule has 18 heavy (non-hydrogen) atoms. The highest BCUT2D eigenvalue weighted by atomic mass is 32.2. The van der Waals surface area contributed by atoms with Gasteiger partial charge in [0.2, 0.25) is 10.0 Å². The van der Waals surface area contributed by atoms with Crippen molar-refractivity contribution in [3.63, 3.8) is 0 Å². The maximum absolute atomic E-state index is 10.8. The Bertz CT molecular complexity index is 491. The number of hydrazone groups is 1. The number of sulfonamides is 1. The summed E-state index contributed by atoms with van der Waals surface area (Å²) in [4.78, 5) is 4.29. The van der Waals surface area contributed by atoms with Gasteiger partial charge in [0.15, 0.2) is 0 Å². The van der Waals surface area contributed by atoms with Crippen molar-refractivity contribution >= 4 is 21.9 Å². The van der Waals surface area contributed by atoms with Crippen molar-refractivity contribution in [2.45, 2.75) is 13.8 Å². The van der Waals surface area contributed by atoms with Crippen LogP contribution in [-0.2, 0) is 10.0 Å². The molecule has 0 aromatic heterocycles. The van der Waals surface area contributed by atoms with Crippen LogP contribution in [0, 0.1) is 0 Å². The third kappa shape index (κ3) is 4.75. The van der Waals surface area contributed by atoms with Gasteiger partial charge in [0, 0.05) is 18.8 Å². The van der Waals surface area contributed by atoms with E-state index in [1.165, 1.54) is 6.21 Å². The minimum absolute atomic E-state index is 0.849. The summed E-state index contributed by atoms with van der Waals surface area (Å²) in [7, 11) is -3.28. The average molecular weight is 269 g/mol. The zero-order valence-electron chi connectivity index (χ0n) is 10.9. The quantitative estimate of drug-likeness (QED) is 0.627. The Hall–Kier alpha value is -1.56. The van der Waals surface area contributed by atoms with Crippen molar-refractivity contribution < 1.29 is 8.42 Å². The van der Waals surface area contributed by atoms with Crippen LogP contribution in [0.4, 0.5) is 5.69 Å². The molecular formula is C12H19N3O2S. The summed E-state index contributed by atoms with van der Waals surface area (Å²) in [6, 6.07) is 7.80. The fourth-order valence-electron chi connectivity index (χ4n) is 1.56. The first-order chi connectivity index (χ1) is 8.46. The van der Waals surface area contributed by atoms with Gasteiger partial charge in [-0.1, -0.05) is 12.1 Å². The molecule has 0 unspecified atom stereocenters. The molecule has 5 nitrogen and oxygen atoms in total. The van der Waals surface area contributed by atoms with Gasteiger partial charge in [0.25, 0.3) is 0 Å². The molecule has 0 saturated heterocycles. The maximum Gasteiger partial charge on any atom is 0.244 e. The molecule has 1 aromatic carbocycles. The highest BCUT2D eigenvalue weighted by molar-refractivity contribution is 7.88. The molecule has 0 atom stereocenters. The van der Waals surface area contributed by atoms with Crippen LogP contribution in [0.2, 0.25) is 0 Å². The average Bonchev–Trinajstić information content (AvgIpc) is 2.31. The van der Waals surface area contributed by atoms with E-state index >= 15 is 0 Å². The minimum atomic E-state index is -3.28. The Morgan fingerprint density at radius 3 is 2.22 bits per heavy atom. The van der Waals surface area contributed by atoms with E-state index in [1.807, 2.05) is 24.3 Å². The lowest BCUT2D eigenvalue weighted by Gasteiger charge is -2.20. The van der Waals surface area contributed by atoms with E-state index in [-0.39, 0.29) is 0 Å². The molecule has 1 N–H and O–H groups in total. The lowest BCUT2D eigenvalue weighted by molar-refractivity contribution is 0.591. The lowest BCUT2D eigenvalue weighted by Crippen LogP contribution is -2.21. The van der Waals surface area contributed by atoms with Crippen molar-refractivity contribution in [2.24, 2.45) is 5.10 Å². The Morgan fingerprint density at radius 1 is 1.22 bits per heavy atom. The fourth-order valence-corrected chi connectivity index (χ4v) is 1.80. The minimum Gasteiger partial charge on any atom is -0.372 e. The summed E-state index contributed by atoms with van der Waals surface area (Å²) in [6.07, 6.45) is 2.54. The maximum atomic E-state index is 10.8. The third-order valence-corrected chi connectivity index (χ3v) is 2.89. The van der Waals surface area contributed by atoms with Gasteiger partial charge in [-0.15, -0.1) is 0 Å². The van der Waals surface area contributed by atoms with E-state index in [9.17, 15) is 8.42 Å². The Labute approximate surface area is 109 Å². The predicted molar refractivity (Wildman–Crippen MR) is 75.6 cm³/mol. The summed E-state index contributed by atoms with van der Waals surface area (Å²) in [6.45, 7) is 6.13. The molecule has 100 valence electrons. The van der Waals surface area contributed by atoms with Crippen molar-refractivity contribution in [3.05, 3.63) is 29.8 Å². The SMILES string of the molecule is CCN(CC)c1ccc(/C=N\NS(C)(=O)=O)cc1. The number of nitrogens with one attached hydrogen (secondary N) is 1. The van der Waals surface area contributed by atoms with E-state index in [1.54, 1.807) is 0 Å². The van der Waals surface area contributed by atoms with Gasteiger partial charge in [-0.3, -0.25) is 0 Å². The van der Waals surface area contributed by atoms with Gasteiger partial charge in [0.1, 0.15) is 0 Å². The van der Waals surface area contributed by atoms with Crippen LogP contribution in [0.5, 0.6) is 0 Å². The molecule has 0 aliphatic heterocycles. The van der Waals surface area contributed by atoms with Crippen molar-refractivity contribution in [3.8, 4) is 0 Å². The third-order valence-electron chi connectivity index (χ3n) is 2.45. The molecule has 0 amide bonds. The van der Waals surface area contributed by atoms with E-state index in [0.29, 0.717) is 0 Å². The molecule has 0 aliphatic carbocycles. The standard InChI is InChI=1S/C12H19N3O2S/c1-4-15(5-2)12-8-6-11(7-9-12)10-13-14-18(3,16)17/h6-10,14H,4-5H2,1-3H3/b13-10-. The van der Waals surface area contributed by atoms with Crippen LogP contribution in [0.1, 0.15) is 19.4 Å². The predicted octanol–water partition coefficient (Wildman–Crippen LogP) is 1.42. The molecular weight excluding hydrogens is 250 g/mol. The van der Waals surface area contributed by atoms with Crippen LogP contribution in [-0.4, -0.2) is 34.0 Å². The van der Waals surface area contributed by atoms with Gasteiger partial charge in [-0.05, 0) is 31.5 Å². The molecule has 0 heterocycles. The van der Waals surface area contributed by atoms with Gasteiger partial charge in [-0.2, -0.15) is 5.10 Å². The zero-order valence-corrected chi connectivity index (χ0v) is 11.7. The second kappa shape index (κ2) is 6.39. The molecule has 1 aromatic rings. The van der Waals surface area contributed by atoms with Gasteiger partial charge < -0.3 is 4.90 Å². The van der Waals surface area contributed by atoms with Crippen molar-refractivity contribution in [2.75, 3.05) is 24.2 Å². The monoisotopic (exact) mass is 269 g/mol. The van der Waals surface area contributed by atoms with Crippen molar-refractivity contribution in [1.82, 2.24) is 4.83 Å². The largest absolute Gasteiger partial charge is 0.372 e. The zero-order chi connectivity index (χ0) is 13.6. The molecule has 0 fully saturated rings. The lowest BCUT2D eigenvalue weighted by atomic mass is 10.2. The van der Waals surface area contributed by atoms with Crippen molar-refractivity contribution in [1.29, 1.82) is 0 Å².